The van der Waals surface area contributed by atoms with Crippen molar-refractivity contribution in [2.75, 3.05) is 37.4 Å². The minimum Gasteiger partial charge on any atom is -0.475 e. The number of aliphatic imine (C=N–C) groups is 1. The van der Waals surface area contributed by atoms with Gasteiger partial charge >= 0.3 is 0 Å². The third-order valence-electron chi connectivity index (χ3n) is 4.32. The second-order valence-electron chi connectivity index (χ2n) is 6.54. The minimum atomic E-state index is -0.683. The summed E-state index contributed by atoms with van der Waals surface area (Å²) in [6, 6.07) is -0.0925. The van der Waals surface area contributed by atoms with E-state index in [1.165, 1.54) is 13.2 Å². The van der Waals surface area contributed by atoms with Crippen molar-refractivity contribution in [3.05, 3.63) is 24.7 Å². The van der Waals surface area contributed by atoms with Crippen LogP contribution in [0.1, 0.15) is 13.3 Å². The molecule has 1 aromatic heterocycles. The largest absolute Gasteiger partial charge is 0.475 e. The lowest BCUT2D eigenvalue weighted by atomic mass is 10.0. The molecule has 1 aromatic rings. The third-order valence-corrected chi connectivity index (χ3v) is 4.32. The summed E-state index contributed by atoms with van der Waals surface area (Å²) in [6.45, 7) is 6.75. The zero-order valence-electron chi connectivity index (χ0n) is 15.3. The summed E-state index contributed by atoms with van der Waals surface area (Å²) >= 11 is 0. The Kier molecular flexibility index (Phi) is 5.26. The van der Waals surface area contributed by atoms with Gasteiger partial charge in [0.05, 0.1) is 19.9 Å². The molecule has 3 rings (SSSR count). The van der Waals surface area contributed by atoms with Crippen LogP contribution in [0.5, 0.6) is 0 Å². The minimum absolute atomic E-state index is 0.0823. The summed E-state index contributed by atoms with van der Waals surface area (Å²) in [6.07, 6.45) is 3.07. The Morgan fingerprint density at radius 1 is 1.59 bits per heavy atom. The maximum absolute atomic E-state index is 14.1. The number of likely N-dealkylation sites (tertiary alicyclic amines) is 1. The predicted octanol–water partition coefficient (Wildman–Crippen LogP) is 1.05. The zero-order chi connectivity index (χ0) is 19.4. The summed E-state index contributed by atoms with van der Waals surface area (Å²) in [4.78, 5) is 25.8. The van der Waals surface area contributed by atoms with E-state index in [0.29, 0.717) is 32.0 Å². The molecule has 0 aliphatic carbocycles. The van der Waals surface area contributed by atoms with Crippen LogP contribution in [-0.4, -0.2) is 65.0 Å². The number of aromatic nitrogens is 2. The first-order valence-electron chi connectivity index (χ1n) is 8.52. The van der Waals surface area contributed by atoms with Crippen LogP contribution in [0.2, 0.25) is 0 Å². The van der Waals surface area contributed by atoms with Crippen LogP contribution in [0.4, 0.5) is 16.2 Å². The number of carbonyl (C=O) groups excluding carboxylic acids is 1. The quantitative estimate of drug-likeness (QED) is 0.593. The topological polar surface area (TPSA) is 91.7 Å². The van der Waals surface area contributed by atoms with E-state index in [2.05, 4.69) is 44.0 Å². The molecular formula is C18H21FN6O2. The molecule has 3 heterocycles. The fourth-order valence-corrected chi connectivity index (χ4v) is 2.86. The Morgan fingerprint density at radius 2 is 2.41 bits per heavy atom. The van der Waals surface area contributed by atoms with Crippen molar-refractivity contribution in [2.24, 2.45) is 4.99 Å². The molecule has 142 valence electrons. The molecule has 1 amide bonds. The van der Waals surface area contributed by atoms with E-state index in [1.807, 2.05) is 6.92 Å². The van der Waals surface area contributed by atoms with Crippen molar-refractivity contribution < 1.29 is 13.9 Å². The van der Waals surface area contributed by atoms with Crippen molar-refractivity contribution in [3.63, 3.8) is 0 Å². The summed E-state index contributed by atoms with van der Waals surface area (Å²) in [5, 5.41) is 6.13. The molecule has 2 aliphatic rings. The van der Waals surface area contributed by atoms with E-state index in [9.17, 15) is 9.18 Å². The fourth-order valence-electron chi connectivity index (χ4n) is 2.86. The van der Waals surface area contributed by atoms with Crippen LogP contribution in [0.3, 0.4) is 0 Å². The number of halogens is 1. The summed E-state index contributed by atoms with van der Waals surface area (Å²) < 4.78 is 19.1. The first kappa shape index (κ1) is 18.6. The predicted molar refractivity (Wildman–Crippen MR) is 99.9 cm³/mol. The Labute approximate surface area is 156 Å². The molecular weight excluding hydrogens is 351 g/mol. The number of methoxy groups -OCH3 is 1. The van der Waals surface area contributed by atoms with Crippen molar-refractivity contribution in [2.45, 2.75) is 24.9 Å². The highest BCUT2D eigenvalue weighted by atomic mass is 19.1. The van der Waals surface area contributed by atoms with Gasteiger partial charge < -0.3 is 20.3 Å². The maximum Gasteiger partial charge on any atom is 0.263 e. The van der Waals surface area contributed by atoms with E-state index >= 15 is 0 Å². The van der Waals surface area contributed by atoms with Gasteiger partial charge in [0.1, 0.15) is 5.54 Å². The molecule has 0 saturated carbocycles. The smallest absolute Gasteiger partial charge is 0.263 e. The molecule has 2 unspecified atom stereocenters. The van der Waals surface area contributed by atoms with Crippen molar-refractivity contribution >= 4 is 23.6 Å². The molecule has 2 atom stereocenters. The van der Waals surface area contributed by atoms with Gasteiger partial charge in [0.2, 0.25) is 11.9 Å². The number of rotatable bonds is 5. The number of hydrogen-bond acceptors (Lipinski definition) is 7. The van der Waals surface area contributed by atoms with Gasteiger partial charge in [-0.3, -0.25) is 4.79 Å². The number of ether oxygens (including phenoxy) is 1. The first-order valence-corrected chi connectivity index (χ1v) is 8.52. The average molecular weight is 372 g/mol. The van der Waals surface area contributed by atoms with E-state index in [-0.39, 0.29) is 23.7 Å². The van der Waals surface area contributed by atoms with Gasteiger partial charge in [-0.15, -0.1) is 0 Å². The highest BCUT2D eigenvalue weighted by Crippen LogP contribution is 2.20. The van der Waals surface area contributed by atoms with Gasteiger partial charge in [-0.2, -0.15) is 4.98 Å². The molecule has 1 fully saturated rings. The van der Waals surface area contributed by atoms with E-state index in [4.69, 9.17) is 4.74 Å². The van der Waals surface area contributed by atoms with Gasteiger partial charge in [-0.05, 0) is 25.3 Å². The van der Waals surface area contributed by atoms with Crippen LogP contribution in [0, 0.1) is 17.7 Å². The second kappa shape index (κ2) is 7.61. The number of anilines is 2. The number of hydrogen-bond donors (Lipinski definition) is 2. The van der Waals surface area contributed by atoms with Crippen molar-refractivity contribution in [1.82, 2.24) is 14.9 Å². The molecule has 2 aliphatic heterocycles. The Morgan fingerprint density at radius 3 is 3.07 bits per heavy atom. The van der Waals surface area contributed by atoms with Crippen molar-refractivity contribution in [1.29, 1.82) is 0 Å². The summed E-state index contributed by atoms with van der Waals surface area (Å²) in [5.74, 6) is 5.82. The standard InChI is InChI=1S/C18H21FN6O2/c1-4-15(26)25-8-6-12(10-25)22-16-13(19)9-20-17(23-16)24-18(2)7-5-14(27-3)21-11-18/h4,9,12H,1,6,8,10-11H2,2-3H3,(H2,20,22,23,24). The maximum atomic E-state index is 14.1. The number of nitrogens with one attached hydrogen (secondary N) is 2. The fraction of sp³-hybridized carbons (Fsp3) is 0.444. The van der Waals surface area contributed by atoms with Gasteiger partial charge in [0.15, 0.2) is 11.6 Å². The average Bonchev–Trinajstić information content (AvgIpc) is 3.13. The molecule has 0 spiro atoms. The monoisotopic (exact) mass is 372 g/mol. The molecule has 8 nitrogen and oxygen atoms in total. The second-order valence-corrected chi connectivity index (χ2v) is 6.54. The van der Waals surface area contributed by atoms with Gasteiger partial charge in [-0.1, -0.05) is 12.5 Å². The summed E-state index contributed by atoms with van der Waals surface area (Å²) in [7, 11) is 1.51. The normalized spacial score (nSPS) is 23.7. The molecule has 0 bridgehead atoms. The number of nitrogens with zero attached hydrogens (tertiary/aromatic N) is 4. The molecule has 9 heteroatoms. The van der Waals surface area contributed by atoms with Gasteiger partial charge in [-0.25, -0.2) is 14.4 Å². The first-order chi connectivity index (χ1) is 12.9. The molecule has 2 N–H and O–H groups in total. The third kappa shape index (κ3) is 4.34. The Bertz CT molecular complexity index is 846. The van der Waals surface area contributed by atoms with Crippen LogP contribution in [0.25, 0.3) is 0 Å². The highest BCUT2D eigenvalue weighted by Gasteiger charge is 2.28. The molecule has 0 radical (unpaired) electrons. The van der Waals surface area contributed by atoms with Crippen LogP contribution in [0.15, 0.2) is 23.8 Å². The van der Waals surface area contributed by atoms with E-state index in [0.717, 1.165) is 6.20 Å². The molecule has 27 heavy (non-hydrogen) atoms. The lowest BCUT2D eigenvalue weighted by Gasteiger charge is -2.25. The molecule has 0 aromatic carbocycles. The lowest BCUT2D eigenvalue weighted by Crippen LogP contribution is -2.39. The lowest BCUT2D eigenvalue weighted by molar-refractivity contribution is -0.125. The zero-order valence-corrected chi connectivity index (χ0v) is 15.3. The number of carbonyl (C=O) groups is 1. The van der Waals surface area contributed by atoms with Crippen molar-refractivity contribution in [3.8, 4) is 11.8 Å². The number of amides is 1. The van der Waals surface area contributed by atoms with Gasteiger partial charge in [0, 0.05) is 19.1 Å². The Hall–Kier alpha value is -3.15. The SMILES string of the molecule is C=CC(=O)N1CCC(Nc2nc(NC3(C)C#CC(OC)=NC3)ncc2F)C1. The van der Waals surface area contributed by atoms with E-state index in [1.54, 1.807) is 4.90 Å². The Balaban J connectivity index is 1.68. The highest BCUT2D eigenvalue weighted by molar-refractivity contribution is 5.94. The summed E-state index contributed by atoms with van der Waals surface area (Å²) in [5.41, 5.74) is -0.683. The van der Waals surface area contributed by atoms with Crippen LogP contribution >= 0.6 is 0 Å². The molecule has 1 saturated heterocycles. The van der Waals surface area contributed by atoms with Crippen LogP contribution < -0.4 is 10.6 Å². The van der Waals surface area contributed by atoms with E-state index < -0.39 is 11.4 Å². The van der Waals surface area contributed by atoms with Gasteiger partial charge in [0.25, 0.3) is 5.90 Å². The van der Waals surface area contributed by atoms with Crippen LogP contribution in [-0.2, 0) is 9.53 Å².